The number of piperazine rings is 1. The van der Waals surface area contributed by atoms with Gasteiger partial charge in [-0.2, -0.15) is 0 Å². The van der Waals surface area contributed by atoms with Gasteiger partial charge in [-0.05, 0) is 37.1 Å². The lowest BCUT2D eigenvalue weighted by molar-refractivity contribution is 0.0739. The van der Waals surface area contributed by atoms with Crippen LogP contribution in [0.2, 0.25) is 0 Å². The zero-order chi connectivity index (χ0) is 20.0. The molecule has 2 aliphatic heterocycles. The number of fused-ring (bicyclic) bond motifs is 2. The molecule has 0 saturated carbocycles. The Morgan fingerprint density at radius 2 is 1.79 bits per heavy atom. The van der Waals surface area contributed by atoms with Gasteiger partial charge in [0, 0.05) is 39.3 Å². The van der Waals surface area contributed by atoms with E-state index < -0.39 is 0 Å². The van der Waals surface area contributed by atoms with Crippen molar-refractivity contribution >= 4 is 33.3 Å². The number of carbonyl (C=O) groups excluding carboxylic acids is 1. The summed E-state index contributed by atoms with van der Waals surface area (Å²) in [7, 11) is 2.15. The summed E-state index contributed by atoms with van der Waals surface area (Å²) in [6, 6.07) is 8.42. The first kappa shape index (κ1) is 18.5. The number of amides is 1. The molecule has 0 unspecified atom stereocenters. The molecular formula is C22H25N5OS. The van der Waals surface area contributed by atoms with Crippen molar-refractivity contribution in [1.29, 1.82) is 0 Å². The third-order valence-electron chi connectivity index (χ3n) is 6.12. The Labute approximate surface area is 174 Å². The van der Waals surface area contributed by atoms with Crippen LogP contribution in [0.15, 0.2) is 30.6 Å². The van der Waals surface area contributed by atoms with E-state index in [4.69, 9.17) is 0 Å². The van der Waals surface area contributed by atoms with Crippen molar-refractivity contribution in [2.75, 3.05) is 44.7 Å². The molecule has 0 N–H and O–H groups in total. The maximum atomic E-state index is 13.4. The van der Waals surface area contributed by atoms with E-state index in [-0.39, 0.29) is 5.91 Å². The van der Waals surface area contributed by atoms with Gasteiger partial charge < -0.3 is 14.7 Å². The van der Waals surface area contributed by atoms with Gasteiger partial charge in [-0.3, -0.25) is 4.79 Å². The Hall–Kier alpha value is -2.51. The van der Waals surface area contributed by atoms with Crippen LogP contribution in [0, 0.1) is 6.92 Å². The van der Waals surface area contributed by atoms with Crippen LogP contribution < -0.4 is 4.90 Å². The Bertz CT molecular complexity index is 1070. The Kier molecular flexibility index (Phi) is 4.72. The summed E-state index contributed by atoms with van der Waals surface area (Å²) in [6.07, 6.45) is 2.55. The van der Waals surface area contributed by atoms with E-state index in [9.17, 15) is 4.79 Å². The molecule has 0 atom stereocenters. The fourth-order valence-electron chi connectivity index (χ4n) is 4.33. The van der Waals surface area contributed by atoms with E-state index in [0.29, 0.717) is 6.54 Å². The number of rotatable bonds is 2. The summed E-state index contributed by atoms with van der Waals surface area (Å²) >= 11 is 1.51. The summed E-state index contributed by atoms with van der Waals surface area (Å²) in [4.78, 5) is 30.9. The molecule has 0 radical (unpaired) electrons. The molecule has 0 aliphatic carbocycles. The standard InChI is InChI=1S/C22H25N5OS/c1-15-18-20(26-11-9-25(2)10-12-26)23-14-24-21(18)29-19(15)22(28)27-8-7-16-5-3-4-6-17(16)13-27/h3-6,14H,7-13H2,1-2H3. The van der Waals surface area contributed by atoms with Crippen LogP contribution in [0.5, 0.6) is 0 Å². The molecule has 2 aromatic heterocycles. The van der Waals surface area contributed by atoms with Crippen molar-refractivity contribution in [3.8, 4) is 0 Å². The lowest BCUT2D eigenvalue weighted by Gasteiger charge is -2.33. The second-order valence-electron chi connectivity index (χ2n) is 7.97. The Balaban J connectivity index is 1.48. The van der Waals surface area contributed by atoms with Crippen molar-refractivity contribution in [2.24, 2.45) is 0 Å². The monoisotopic (exact) mass is 407 g/mol. The van der Waals surface area contributed by atoms with Gasteiger partial charge in [-0.1, -0.05) is 24.3 Å². The molecule has 150 valence electrons. The summed E-state index contributed by atoms with van der Waals surface area (Å²) in [5, 5.41) is 1.04. The second-order valence-corrected chi connectivity index (χ2v) is 8.97. The predicted molar refractivity (Wildman–Crippen MR) is 117 cm³/mol. The van der Waals surface area contributed by atoms with Crippen molar-refractivity contribution in [1.82, 2.24) is 19.8 Å². The number of carbonyl (C=O) groups is 1. The highest BCUT2D eigenvalue weighted by Crippen LogP contribution is 2.36. The molecule has 6 nitrogen and oxygen atoms in total. The van der Waals surface area contributed by atoms with Crippen LogP contribution >= 0.6 is 11.3 Å². The number of thiophene rings is 1. The minimum absolute atomic E-state index is 0.115. The van der Waals surface area contributed by atoms with E-state index in [0.717, 1.165) is 65.6 Å². The molecule has 5 rings (SSSR count). The third-order valence-corrected chi connectivity index (χ3v) is 7.31. The second kappa shape index (κ2) is 7.39. The number of hydrogen-bond acceptors (Lipinski definition) is 6. The van der Waals surface area contributed by atoms with E-state index in [2.05, 4.69) is 51.1 Å². The van der Waals surface area contributed by atoms with E-state index in [1.54, 1.807) is 6.33 Å². The Morgan fingerprint density at radius 1 is 1.03 bits per heavy atom. The van der Waals surface area contributed by atoms with Crippen molar-refractivity contribution in [3.05, 3.63) is 52.2 Å². The first-order chi connectivity index (χ1) is 14.1. The highest BCUT2D eigenvalue weighted by atomic mass is 32.1. The first-order valence-electron chi connectivity index (χ1n) is 10.2. The van der Waals surface area contributed by atoms with Crippen molar-refractivity contribution < 1.29 is 4.79 Å². The highest BCUT2D eigenvalue weighted by Gasteiger charge is 2.27. The van der Waals surface area contributed by atoms with Crippen LogP contribution in [0.4, 0.5) is 5.82 Å². The number of aryl methyl sites for hydroxylation is 1. The van der Waals surface area contributed by atoms with Crippen LogP contribution in [0.25, 0.3) is 10.2 Å². The average Bonchev–Trinajstić information content (AvgIpc) is 3.10. The quantitative estimate of drug-likeness (QED) is 0.654. The maximum Gasteiger partial charge on any atom is 0.264 e. The number of likely N-dealkylation sites (N-methyl/N-ethyl adjacent to an activating group) is 1. The molecule has 2 aliphatic rings. The normalized spacial score (nSPS) is 17.6. The lowest BCUT2D eigenvalue weighted by atomic mass is 9.99. The number of anilines is 1. The van der Waals surface area contributed by atoms with Gasteiger partial charge >= 0.3 is 0 Å². The maximum absolute atomic E-state index is 13.4. The summed E-state index contributed by atoms with van der Waals surface area (Å²) in [6.45, 7) is 7.43. The van der Waals surface area contributed by atoms with Gasteiger partial charge in [0.2, 0.25) is 0 Å². The molecule has 0 bridgehead atoms. The zero-order valence-electron chi connectivity index (χ0n) is 16.9. The van der Waals surface area contributed by atoms with Crippen LogP contribution in [0.3, 0.4) is 0 Å². The molecule has 4 heterocycles. The highest BCUT2D eigenvalue weighted by molar-refractivity contribution is 7.20. The average molecular weight is 408 g/mol. The van der Waals surface area contributed by atoms with E-state index in [1.807, 2.05) is 11.8 Å². The SMILES string of the molecule is Cc1c(C(=O)N2CCc3ccccc3C2)sc2ncnc(N3CCN(C)CC3)c12. The van der Waals surface area contributed by atoms with Gasteiger partial charge in [0.25, 0.3) is 5.91 Å². The summed E-state index contributed by atoms with van der Waals surface area (Å²) in [5.41, 5.74) is 3.63. The molecule has 3 aromatic rings. The predicted octanol–water partition coefficient (Wildman–Crippen LogP) is 2.95. The fraction of sp³-hybridized carbons (Fsp3) is 0.409. The van der Waals surface area contributed by atoms with Gasteiger partial charge in [0.05, 0.1) is 10.3 Å². The smallest absolute Gasteiger partial charge is 0.264 e. The minimum atomic E-state index is 0.115. The molecule has 1 aromatic carbocycles. The number of aromatic nitrogens is 2. The first-order valence-corrected chi connectivity index (χ1v) is 11.0. The topological polar surface area (TPSA) is 52.6 Å². The van der Waals surface area contributed by atoms with E-state index >= 15 is 0 Å². The van der Waals surface area contributed by atoms with Crippen LogP contribution in [-0.2, 0) is 13.0 Å². The molecule has 1 amide bonds. The summed E-state index contributed by atoms with van der Waals surface area (Å²) < 4.78 is 0. The molecule has 0 spiro atoms. The molecule has 29 heavy (non-hydrogen) atoms. The zero-order valence-corrected chi connectivity index (χ0v) is 17.7. The van der Waals surface area contributed by atoms with Crippen LogP contribution in [-0.4, -0.2) is 65.4 Å². The molecule has 1 saturated heterocycles. The van der Waals surface area contributed by atoms with Crippen LogP contribution in [0.1, 0.15) is 26.4 Å². The fourth-order valence-corrected chi connectivity index (χ4v) is 5.44. The Morgan fingerprint density at radius 3 is 2.59 bits per heavy atom. The number of hydrogen-bond donors (Lipinski definition) is 0. The minimum Gasteiger partial charge on any atom is -0.353 e. The number of benzene rings is 1. The van der Waals surface area contributed by atoms with Gasteiger partial charge in [-0.15, -0.1) is 11.3 Å². The van der Waals surface area contributed by atoms with E-state index in [1.165, 1.54) is 22.5 Å². The number of nitrogens with zero attached hydrogens (tertiary/aromatic N) is 5. The van der Waals surface area contributed by atoms with Gasteiger partial charge in [0.1, 0.15) is 17.0 Å². The molecule has 1 fully saturated rings. The lowest BCUT2D eigenvalue weighted by Crippen LogP contribution is -2.44. The van der Waals surface area contributed by atoms with Crippen molar-refractivity contribution in [3.63, 3.8) is 0 Å². The largest absolute Gasteiger partial charge is 0.353 e. The summed E-state index contributed by atoms with van der Waals surface area (Å²) in [5.74, 6) is 1.09. The molecule has 7 heteroatoms. The van der Waals surface area contributed by atoms with Crippen molar-refractivity contribution in [2.45, 2.75) is 19.9 Å². The molecular weight excluding hydrogens is 382 g/mol. The van der Waals surface area contributed by atoms with Gasteiger partial charge in [-0.25, -0.2) is 9.97 Å². The van der Waals surface area contributed by atoms with Gasteiger partial charge in [0.15, 0.2) is 0 Å². The third kappa shape index (κ3) is 3.28.